The van der Waals surface area contributed by atoms with E-state index in [1.165, 1.54) is 24.8 Å². The van der Waals surface area contributed by atoms with E-state index in [0.29, 0.717) is 10.3 Å². The fourth-order valence-corrected chi connectivity index (χ4v) is 4.48. The van der Waals surface area contributed by atoms with Crippen molar-refractivity contribution in [2.75, 3.05) is 0 Å². The Balaban J connectivity index is 1.70. The molecule has 0 atom stereocenters. The van der Waals surface area contributed by atoms with E-state index in [9.17, 15) is 0 Å². The third-order valence-corrected chi connectivity index (χ3v) is 6.45. The Labute approximate surface area is 188 Å². The summed E-state index contributed by atoms with van der Waals surface area (Å²) >= 11 is 5.54. The summed E-state index contributed by atoms with van der Waals surface area (Å²) in [6, 6.07) is 18.6. The van der Waals surface area contributed by atoms with Gasteiger partial charge in [0.1, 0.15) is 0 Å². The van der Waals surface area contributed by atoms with Crippen LogP contribution in [0, 0.1) is 10.5 Å². The van der Waals surface area contributed by atoms with Gasteiger partial charge < -0.3 is 4.42 Å². The van der Waals surface area contributed by atoms with E-state index in [2.05, 4.69) is 50.2 Å². The average molecular weight is 433 g/mol. The quantitative estimate of drug-likeness (QED) is 0.156. The van der Waals surface area contributed by atoms with Crippen LogP contribution in [0.25, 0.3) is 32.9 Å². The van der Waals surface area contributed by atoms with E-state index >= 15 is 4.39 Å². The topological polar surface area (TPSA) is 13.1 Å². The number of hydrogen-bond acceptors (Lipinski definition) is 2. The fraction of sp³-hybridized carbons (Fsp3) is 0.321. The highest BCUT2D eigenvalue weighted by Crippen LogP contribution is 2.33. The summed E-state index contributed by atoms with van der Waals surface area (Å²) < 4.78 is 21.4. The first-order valence-electron chi connectivity index (χ1n) is 11.4. The van der Waals surface area contributed by atoms with Gasteiger partial charge in [-0.2, -0.15) is 0 Å². The van der Waals surface area contributed by atoms with Crippen molar-refractivity contribution >= 4 is 34.0 Å². The molecule has 31 heavy (non-hydrogen) atoms. The van der Waals surface area contributed by atoms with Gasteiger partial charge in [0.05, 0.1) is 0 Å². The standard InChI is InChI=1S/C28H29FOS/c1-3-5-6-7-8-9-21-14-17-24-23-16-15-22(20-12-10-19(4-2)11-13-20)18-25(23)28(31)30-27(24)26(21)29/h10-18H,3-9H2,1-2H3. The SMILES string of the molecule is CCCCCCCc1ccc2c(oc(=S)c3cc(-c4ccc(CC)cc4)ccc32)c1F. The third-order valence-electron chi connectivity index (χ3n) is 6.15. The van der Waals surface area contributed by atoms with Gasteiger partial charge in [-0.3, -0.25) is 0 Å². The van der Waals surface area contributed by atoms with Crippen LogP contribution in [0.4, 0.5) is 4.39 Å². The highest BCUT2D eigenvalue weighted by atomic mass is 32.1. The van der Waals surface area contributed by atoms with Crippen LogP contribution < -0.4 is 0 Å². The fourth-order valence-electron chi connectivity index (χ4n) is 4.23. The van der Waals surface area contributed by atoms with Crippen LogP contribution >= 0.6 is 12.2 Å². The largest absolute Gasteiger partial charge is 0.441 e. The smallest absolute Gasteiger partial charge is 0.198 e. The zero-order valence-electron chi connectivity index (χ0n) is 18.3. The summed E-state index contributed by atoms with van der Waals surface area (Å²) in [4.78, 5) is 0. The van der Waals surface area contributed by atoms with Crippen molar-refractivity contribution in [3.05, 3.63) is 76.2 Å². The van der Waals surface area contributed by atoms with Gasteiger partial charge in [0.25, 0.3) is 0 Å². The zero-order chi connectivity index (χ0) is 21.8. The molecule has 160 valence electrons. The van der Waals surface area contributed by atoms with E-state index in [1.807, 2.05) is 18.2 Å². The van der Waals surface area contributed by atoms with Crippen LogP contribution in [0.1, 0.15) is 57.1 Å². The first-order valence-corrected chi connectivity index (χ1v) is 11.8. The summed E-state index contributed by atoms with van der Waals surface area (Å²) in [6.45, 7) is 4.35. The molecule has 0 radical (unpaired) electrons. The van der Waals surface area contributed by atoms with Gasteiger partial charge in [-0.15, -0.1) is 0 Å². The average Bonchev–Trinajstić information content (AvgIpc) is 2.80. The first kappa shape index (κ1) is 21.7. The van der Waals surface area contributed by atoms with Crippen molar-refractivity contribution in [1.82, 2.24) is 0 Å². The lowest BCUT2D eigenvalue weighted by atomic mass is 9.98. The monoisotopic (exact) mass is 432 g/mol. The Morgan fingerprint density at radius 3 is 2.23 bits per heavy atom. The molecule has 4 aromatic rings. The Morgan fingerprint density at radius 2 is 1.48 bits per heavy atom. The molecule has 3 aromatic carbocycles. The molecular weight excluding hydrogens is 403 g/mol. The lowest BCUT2D eigenvalue weighted by molar-refractivity contribution is 0.535. The molecule has 0 bridgehead atoms. The summed E-state index contributed by atoms with van der Waals surface area (Å²) in [5.74, 6) is -0.264. The predicted octanol–water partition coefficient (Wildman–Crippen LogP) is 9.20. The third kappa shape index (κ3) is 4.57. The summed E-state index contributed by atoms with van der Waals surface area (Å²) in [5.41, 5.74) is 4.53. The second-order valence-electron chi connectivity index (χ2n) is 8.28. The molecule has 4 rings (SSSR count). The Kier molecular flexibility index (Phi) is 6.82. The number of benzene rings is 3. The number of rotatable bonds is 8. The van der Waals surface area contributed by atoms with Gasteiger partial charge in [-0.05, 0) is 65.2 Å². The molecule has 1 heterocycles. The molecule has 1 aromatic heterocycles. The van der Waals surface area contributed by atoms with Crippen molar-refractivity contribution in [3.8, 4) is 11.1 Å². The molecule has 3 heteroatoms. The van der Waals surface area contributed by atoms with Crippen molar-refractivity contribution in [2.24, 2.45) is 0 Å². The van der Waals surface area contributed by atoms with Crippen LogP contribution in [0.15, 0.2) is 59.0 Å². The van der Waals surface area contributed by atoms with E-state index in [1.54, 1.807) is 0 Å². The Bertz CT molecular complexity index is 1250. The molecule has 1 nitrogen and oxygen atoms in total. The molecule has 0 spiro atoms. The van der Waals surface area contributed by atoms with E-state index in [0.717, 1.165) is 53.0 Å². The van der Waals surface area contributed by atoms with Gasteiger partial charge in [0, 0.05) is 10.8 Å². The van der Waals surface area contributed by atoms with Crippen molar-refractivity contribution in [1.29, 1.82) is 0 Å². The van der Waals surface area contributed by atoms with Crippen molar-refractivity contribution in [2.45, 2.75) is 58.8 Å². The molecule has 0 N–H and O–H groups in total. The zero-order valence-corrected chi connectivity index (χ0v) is 19.2. The number of hydrogen-bond donors (Lipinski definition) is 0. The first-order chi connectivity index (χ1) is 15.1. The van der Waals surface area contributed by atoms with E-state index in [4.69, 9.17) is 16.6 Å². The van der Waals surface area contributed by atoms with Crippen molar-refractivity contribution < 1.29 is 8.81 Å². The molecule has 0 saturated heterocycles. The molecule has 0 aliphatic heterocycles. The molecule has 0 unspecified atom stereocenters. The molecular formula is C28H29FOS. The summed E-state index contributed by atoms with van der Waals surface area (Å²) in [7, 11) is 0. The van der Waals surface area contributed by atoms with Gasteiger partial charge in [-0.25, -0.2) is 4.39 Å². The molecule has 0 saturated carbocycles. The maximum Gasteiger partial charge on any atom is 0.198 e. The minimum absolute atomic E-state index is 0.264. The second kappa shape index (κ2) is 9.74. The summed E-state index contributed by atoms with van der Waals surface area (Å²) in [6.07, 6.45) is 7.55. The normalized spacial score (nSPS) is 11.5. The maximum absolute atomic E-state index is 15.2. The van der Waals surface area contributed by atoms with Crippen LogP contribution in [0.3, 0.4) is 0 Å². The van der Waals surface area contributed by atoms with Crippen LogP contribution in [0.5, 0.6) is 0 Å². The summed E-state index contributed by atoms with van der Waals surface area (Å²) in [5, 5.41) is 2.57. The highest BCUT2D eigenvalue weighted by Gasteiger charge is 2.14. The molecule has 0 aliphatic rings. The number of fused-ring (bicyclic) bond motifs is 3. The number of unbranched alkanes of at least 4 members (excludes halogenated alkanes) is 4. The minimum Gasteiger partial charge on any atom is -0.441 e. The van der Waals surface area contributed by atoms with Gasteiger partial charge in [0.15, 0.2) is 16.1 Å². The van der Waals surface area contributed by atoms with Gasteiger partial charge in [0.2, 0.25) is 0 Å². The molecule has 0 fully saturated rings. The molecule has 0 amide bonds. The Hall–Kier alpha value is -2.52. The van der Waals surface area contributed by atoms with E-state index < -0.39 is 0 Å². The van der Waals surface area contributed by atoms with Crippen LogP contribution in [0.2, 0.25) is 0 Å². The lowest BCUT2D eigenvalue weighted by Gasteiger charge is -2.10. The minimum atomic E-state index is -0.264. The number of aryl methyl sites for hydroxylation is 2. The predicted molar refractivity (Wildman–Crippen MR) is 132 cm³/mol. The number of halogens is 1. The van der Waals surface area contributed by atoms with Crippen LogP contribution in [-0.4, -0.2) is 0 Å². The van der Waals surface area contributed by atoms with Gasteiger partial charge in [-0.1, -0.05) is 88.1 Å². The van der Waals surface area contributed by atoms with E-state index in [-0.39, 0.29) is 11.4 Å². The van der Waals surface area contributed by atoms with Crippen LogP contribution in [-0.2, 0) is 12.8 Å². The second-order valence-corrected chi connectivity index (χ2v) is 8.65. The molecule has 0 aliphatic carbocycles. The Morgan fingerprint density at radius 1 is 0.774 bits per heavy atom. The van der Waals surface area contributed by atoms with Gasteiger partial charge >= 0.3 is 0 Å². The maximum atomic E-state index is 15.2. The lowest BCUT2D eigenvalue weighted by Crippen LogP contribution is -1.94. The highest BCUT2D eigenvalue weighted by molar-refractivity contribution is 7.71. The van der Waals surface area contributed by atoms with Crippen molar-refractivity contribution in [3.63, 3.8) is 0 Å².